The van der Waals surface area contributed by atoms with Crippen molar-refractivity contribution in [3.05, 3.63) is 34.9 Å². The quantitative estimate of drug-likeness (QED) is 0.725. The van der Waals surface area contributed by atoms with Gasteiger partial charge in [-0.25, -0.2) is 0 Å². The summed E-state index contributed by atoms with van der Waals surface area (Å²) >= 11 is 5.86. The number of nitrogens with one attached hydrogen (secondary N) is 2. The Morgan fingerprint density at radius 1 is 1.30 bits per heavy atom. The molecule has 5 heteroatoms. The monoisotopic (exact) mass is 298 g/mol. The average Bonchev–Trinajstić information content (AvgIpc) is 2.44. The number of hydrogen-bond donors (Lipinski definition) is 2. The zero-order valence-corrected chi connectivity index (χ0v) is 13.0. The van der Waals surface area contributed by atoms with Gasteiger partial charge in [-0.3, -0.25) is 10.1 Å². The van der Waals surface area contributed by atoms with Crippen molar-refractivity contribution in [2.75, 3.05) is 20.3 Å². The molecule has 1 amide bonds. The molecule has 0 aromatic heterocycles. The van der Waals surface area contributed by atoms with Gasteiger partial charge in [0.05, 0.1) is 6.04 Å². The molecular weight excluding hydrogens is 276 g/mol. The van der Waals surface area contributed by atoms with Crippen molar-refractivity contribution in [3.63, 3.8) is 0 Å². The minimum atomic E-state index is -0.247. The lowest BCUT2D eigenvalue weighted by molar-refractivity contribution is -0.122. The topological polar surface area (TPSA) is 50.4 Å². The van der Waals surface area contributed by atoms with E-state index < -0.39 is 0 Å². The van der Waals surface area contributed by atoms with E-state index in [0.717, 1.165) is 12.0 Å². The standard InChI is InChI=1S/C15H23ClN2O2/c1-11(13-5-7-14(16)8-6-13)18-12(2)15(19)17-9-4-10-20-3/h5-8,11-12,18H,4,9-10H2,1-3H3,(H,17,19)/t11-,12?/m1/s1. The highest BCUT2D eigenvalue weighted by Gasteiger charge is 2.15. The molecule has 112 valence electrons. The molecule has 0 bridgehead atoms. The molecule has 0 saturated carbocycles. The molecule has 0 aliphatic heterocycles. The van der Waals surface area contributed by atoms with E-state index in [1.807, 2.05) is 38.1 Å². The van der Waals surface area contributed by atoms with E-state index in [2.05, 4.69) is 10.6 Å². The molecule has 2 N–H and O–H groups in total. The minimum absolute atomic E-state index is 0.00177. The number of rotatable bonds is 8. The van der Waals surface area contributed by atoms with Crippen LogP contribution in [-0.4, -0.2) is 32.2 Å². The predicted octanol–water partition coefficient (Wildman–Crippen LogP) is 2.53. The summed E-state index contributed by atoms with van der Waals surface area (Å²) in [6.45, 7) is 5.17. The maximum atomic E-state index is 11.9. The zero-order chi connectivity index (χ0) is 15.0. The maximum Gasteiger partial charge on any atom is 0.236 e. The summed E-state index contributed by atoms with van der Waals surface area (Å²) in [4.78, 5) is 11.9. The van der Waals surface area contributed by atoms with Crippen molar-refractivity contribution in [1.29, 1.82) is 0 Å². The van der Waals surface area contributed by atoms with Crippen LogP contribution in [0.25, 0.3) is 0 Å². The zero-order valence-electron chi connectivity index (χ0n) is 12.3. The van der Waals surface area contributed by atoms with Crippen LogP contribution >= 0.6 is 11.6 Å². The molecule has 0 saturated heterocycles. The van der Waals surface area contributed by atoms with Crippen molar-refractivity contribution in [3.8, 4) is 0 Å². The van der Waals surface area contributed by atoms with Crippen LogP contribution in [0.3, 0.4) is 0 Å². The predicted molar refractivity (Wildman–Crippen MR) is 82.0 cm³/mol. The van der Waals surface area contributed by atoms with E-state index in [1.54, 1.807) is 7.11 Å². The van der Waals surface area contributed by atoms with E-state index in [0.29, 0.717) is 18.2 Å². The van der Waals surface area contributed by atoms with Gasteiger partial charge < -0.3 is 10.1 Å². The highest BCUT2D eigenvalue weighted by Crippen LogP contribution is 2.16. The average molecular weight is 299 g/mol. The first kappa shape index (κ1) is 17.0. The van der Waals surface area contributed by atoms with Crippen LogP contribution in [0.2, 0.25) is 5.02 Å². The molecule has 1 rings (SSSR count). The van der Waals surface area contributed by atoms with Crippen molar-refractivity contribution in [1.82, 2.24) is 10.6 Å². The van der Waals surface area contributed by atoms with Gasteiger partial charge in [0, 0.05) is 31.3 Å². The molecule has 1 unspecified atom stereocenters. The first-order valence-corrected chi connectivity index (χ1v) is 7.20. The Morgan fingerprint density at radius 2 is 1.95 bits per heavy atom. The Labute approximate surface area is 125 Å². The van der Waals surface area contributed by atoms with Gasteiger partial charge in [-0.05, 0) is 38.0 Å². The van der Waals surface area contributed by atoms with Crippen molar-refractivity contribution < 1.29 is 9.53 Å². The number of amides is 1. The van der Waals surface area contributed by atoms with Crippen molar-refractivity contribution >= 4 is 17.5 Å². The van der Waals surface area contributed by atoms with E-state index in [1.165, 1.54) is 0 Å². The van der Waals surface area contributed by atoms with Gasteiger partial charge in [0.2, 0.25) is 5.91 Å². The molecule has 2 atom stereocenters. The number of halogens is 1. The highest BCUT2D eigenvalue weighted by atomic mass is 35.5. The lowest BCUT2D eigenvalue weighted by atomic mass is 10.1. The fourth-order valence-corrected chi connectivity index (χ4v) is 2.01. The maximum absolute atomic E-state index is 11.9. The van der Waals surface area contributed by atoms with Crippen LogP contribution < -0.4 is 10.6 Å². The molecule has 0 aliphatic carbocycles. The smallest absolute Gasteiger partial charge is 0.236 e. The number of carbonyl (C=O) groups excluding carboxylic acids is 1. The molecule has 0 radical (unpaired) electrons. The summed E-state index contributed by atoms with van der Waals surface area (Å²) < 4.78 is 4.94. The second-order valence-corrected chi connectivity index (χ2v) is 5.24. The Balaban J connectivity index is 2.38. The molecular formula is C15H23ClN2O2. The second kappa shape index (κ2) is 8.95. The first-order chi connectivity index (χ1) is 9.54. The lowest BCUT2D eigenvalue weighted by Crippen LogP contribution is -2.43. The van der Waals surface area contributed by atoms with Gasteiger partial charge in [0.15, 0.2) is 0 Å². The van der Waals surface area contributed by atoms with Crippen LogP contribution in [0.4, 0.5) is 0 Å². The highest BCUT2D eigenvalue weighted by molar-refractivity contribution is 6.30. The second-order valence-electron chi connectivity index (χ2n) is 4.80. The van der Waals surface area contributed by atoms with E-state index in [4.69, 9.17) is 16.3 Å². The number of carbonyl (C=O) groups is 1. The van der Waals surface area contributed by atoms with Crippen LogP contribution in [0.15, 0.2) is 24.3 Å². The van der Waals surface area contributed by atoms with Gasteiger partial charge in [-0.1, -0.05) is 23.7 Å². The number of ether oxygens (including phenoxy) is 1. The van der Waals surface area contributed by atoms with Gasteiger partial charge in [-0.15, -0.1) is 0 Å². The van der Waals surface area contributed by atoms with Gasteiger partial charge in [0.25, 0.3) is 0 Å². The Morgan fingerprint density at radius 3 is 2.55 bits per heavy atom. The fourth-order valence-electron chi connectivity index (χ4n) is 1.88. The number of benzene rings is 1. The third-order valence-electron chi connectivity index (χ3n) is 3.09. The van der Waals surface area contributed by atoms with Crippen molar-refractivity contribution in [2.45, 2.75) is 32.4 Å². The van der Waals surface area contributed by atoms with Crippen molar-refractivity contribution in [2.24, 2.45) is 0 Å². The molecule has 20 heavy (non-hydrogen) atoms. The summed E-state index contributed by atoms with van der Waals surface area (Å²) in [5.41, 5.74) is 1.11. The third-order valence-corrected chi connectivity index (χ3v) is 3.34. The number of methoxy groups -OCH3 is 1. The lowest BCUT2D eigenvalue weighted by Gasteiger charge is -2.20. The Hall–Kier alpha value is -1.10. The Bertz CT molecular complexity index is 409. The van der Waals surface area contributed by atoms with Crippen LogP contribution in [0.5, 0.6) is 0 Å². The molecule has 1 aromatic rings. The summed E-state index contributed by atoms with van der Waals surface area (Å²) in [5.74, 6) is 0.00177. The van der Waals surface area contributed by atoms with E-state index in [-0.39, 0.29) is 18.0 Å². The van der Waals surface area contributed by atoms with E-state index in [9.17, 15) is 4.79 Å². The van der Waals surface area contributed by atoms with Gasteiger partial charge in [-0.2, -0.15) is 0 Å². The van der Waals surface area contributed by atoms with Gasteiger partial charge in [0.1, 0.15) is 0 Å². The number of hydrogen-bond acceptors (Lipinski definition) is 3. The molecule has 0 fully saturated rings. The first-order valence-electron chi connectivity index (χ1n) is 6.82. The third kappa shape index (κ3) is 5.90. The molecule has 0 spiro atoms. The summed E-state index contributed by atoms with van der Waals surface area (Å²) in [6, 6.07) is 7.47. The minimum Gasteiger partial charge on any atom is -0.385 e. The van der Waals surface area contributed by atoms with Gasteiger partial charge >= 0.3 is 0 Å². The Kier molecular flexibility index (Phi) is 7.59. The normalized spacial score (nSPS) is 13.8. The SMILES string of the molecule is COCCCNC(=O)C(C)N[C@H](C)c1ccc(Cl)cc1. The van der Waals surface area contributed by atoms with Crippen LogP contribution in [0, 0.1) is 0 Å². The molecule has 4 nitrogen and oxygen atoms in total. The summed E-state index contributed by atoms with van der Waals surface area (Å²) in [6.07, 6.45) is 0.821. The largest absolute Gasteiger partial charge is 0.385 e. The van der Waals surface area contributed by atoms with Crippen LogP contribution in [0.1, 0.15) is 31.9 Å². The summed E-state index contributed by atoms with van der Waals surface area (Å²) in [7, 11) is 1.65. The van der Waals surface area contributed by atoms with Crippen LogP contribution in [-0.2, 0) is 9.53 Å². The molecule has 1 aromatic carbocycles. The summed E-state index contributed by atoms with van der Waals surface area (Å²) in [5, 5.41) is 6.86. The molecule has 0 aliphatic rings. The molecule has 0 heterocycles. The van der Waals surface area contributed by atoms with E-state index >= 15 is 0 Å². The fraction of sp³-hybridized carbons (Fsp3) is 0.533.